The number of nitrogen functional groups attached to an aromatic ring is 1. The first-order valence-electron chi connectivity index (χ1n) is 6.86. The lowest BCUT2D eigenvalue weighted by atomic mass is 10.1. The van der Waals surface area contributed by atoms with Gasteiger partial charge >= 0.3 is 6.18 Å². The van der Waals surface area contributed by atoms with Crippen LogP contribution in [0.1, 0.15) is 12.0 Å². The second kappa shape index (κ2) is 7.45. The Morgan fingerprint density at radius 3 is 2.48 bits per heavy atom. The first kappa shape index (κ1) is 17.9. The molecule has 0 aliphatic heterocycles. The zero-order chi connectivity index (χ0) is 17.0. The van der Waals surface area contributed by atoms with Crippen molar-refractivity contribution in [3.05, 3.63) is 57.5 Å². The number of nitrogens with two attached hydrogens (primary N) is 1. The van der Waals surface area contributed by atoms with Gasteiger partial charge in [0.2, 0.25) is 0 Å². The molecule has 2 N–H and O–H groups in total. The predicted octanol–water partition coefficient (Wildman–Crippen LogP) is 5.64. The van der Waals surface area contributed by atoms with Crippen LogP contribution in [0.4, 0.5) is 24.5 Å². The van der Waals surface area contributed by atoms with Crippen molar-refractivity contribution in [3.63, 3.8) is 0 Å². The largest absolute Gasteiger partial charge is 0.397 e. The van der Waals surface area contributed by atoms with Crippen LogP contribution in [0.15, 0.2) is 46.9 Å². The first-order chi connectivity index (χ1) is 10.7. The molecule has 0 aliphatic rings. The maximum absolute atomic E-state index is 12.6. The summed E-state index contributed by atoms with van der Waals surface area (Å²) >= 11 is 9.24. The molecular weight excluding hydrogens is 393 g/mol. The lowest BCUT2D eigenvalue weighted by molar-refractivity contribution is -0.132. The standard InChI is InChI=1S/C16H15BrClF3N2/c17-12-4-5-15(14(22)9-12)23(7-6-16(19,20)21)10-11-2-1-3-13(18)8-11/h1-5,8-9H,6-7,10,22H2. The molecule has 2 aromatic rings. The normalized spacial score (nSPS) is 11.5. The lowest BCUT2D eigenvalue weighted by Crippen LogP contribution is -2.28. The fourth-order valence-electron chi connectivity index (χ4n) is 2.22. The Labute approximate surface area is 146 Å². The van der Waals surface area contributed by atoms with Crippen molar-refractivity contribution >= 4 is 38.9 Å². The van der Waals surface area contributed by atoms with E-state index in [2.05, 4.69) is 15.9 Å². The fourth-order valence-corrected chi connectivity index (χ4v) is 2.81. The summed E-state index contributed by atoms with van der Waals surface area (Å²) in [5.74, 6) is 0. The van der Waals surface area contributed by atoms with Gasteiger partial charge in [0, 0.05) is 22.6 Å². The van der Waals surface area contributed by atoms with Crippen LogP contribution in [0.5, 0.6) is 0 Å². The van der Waals surface area contributed by atoms with Crippen LogP contribution < -0.4 is 10.6 Å². The summed E-state index contributed by atoms with van der Waals surface area (Å²) in [4.78, 5) is 1.61. The summed E-state index contributed by atoms with van der Waals surface area (Å²) in [5.41, 5.74) is 7.77. The van der Waals surface area contributed by atoms with Gasteiger partial charge in [-0.2, -0.15) is 13.2 Å². The minimum atomic E-state index is -4.23. The van der Waals surface area contributed by atoms with E-state index in [-0.39, 0.29) is 6.54 Å². The van der Waals surface area contributed by atoms with Crippen LogP contribution in [0.25, 0.3) is 0 Å². The van der Waals surface area contributed by atoms with E-state index in [0.29, 0.717) is 22.9 Å². The molecular formula is C16H15BrClF3N2. The van der Waals surface area contributed by atoms with Gasteiger partial charge in [-0.25, -0.2) is 0 Å². The van der Waals surface area contributed by atoms with E-state index < -0.39 is 12.6 Å². The van der Waals surface area contributed by atoms with E-state index in [4.69, 9.17) is 17.3 Å². The van der Waals surface area contributed by atoms with Gasteiger partial charge in [0.05, 0.1) is 17.8 Å². The number of halogens is 5. The third-order valence-electron chi connectivity index (χ3n) is 3.26. The van der Waals surface area contributed by atoms with Gasteiger partial charge in [0.1, 0.15) is 0 Å². The number of rotatable bonds is 5. The highest BCUT2D eigenvalue weighted by Gasteiger charge is 2.28. The smallest absolute Gasteiger partial charge is 0.390 e. The van der Waals surface area contributed by atoms with E-state index in [1.807, 2.05) is 6.07 Å². The van der Waals surface area contributed by atoms with E-state index in [1.165, 1.54) is 0 Å². The molecule has 2 aromatic carbocycles. The number of anilines is 2. The zero-order valence-corrected chi connectivity index (χ0v) is 14.4. The third-order valence-corrected chi connectivity index (χ3v) is 3.99. The number of benzene rings is 2. The Balaban J connectivity index is 2.27. The fraction of sp³-hybridized carbons (Fsp3) is 0.250. The molecule has 7 heteroatoms. The maximum atomic E-state index is 12.6. The summed E-state index contributed by atoms with van der Waals surface area (Å²) < 4.78 is 38.6. The van der Waals surface area contributed by atoms with Crippen LogP contribution in [0.2, 0.25) is 5.02 Å². The molecule has 124 valence electrons. The molecule has 0 aromatic heterocycles. The molecule has 2 rings (SSSR count). The lowest BCUT2D eigenvalue weighted by Gasteiger charge is -2.27. The van der Waals surface area contributed by atoms with Crippen molar-refractivity contribution < 1.29 is 13.2 Å². The highest BCUT2D eigenvalue weighted by Crippen LogP contribution is 2.30. The predicted molar refractivity (Wildman–Crippen MR) is 91.7 cm³/mol. The molecule has 0 unspecified atom stereocenters. The van der Waals surface area contributed by atoms with E-state index in [9.17, 15) is 13.2 Å². The van der Waals surface area contributed by atoms with Gasteiger partial charge in [0.25, 0.3) is 0 Å². The average molecular weight is 408 g/mol. The van der Waals surface area contributed by atoms with Crippen molar-refractivity contribution in [2.75, 3.05) is 17.2 Å². The first-order valence-corrected chi connectivity index (χ1v) is 8.03. The van der Waals surface area contributed by atoms with E-state index in [1.54, 1.807) is 41.3 Å². The van der Waals surface area contributed by atoms with Crippen LogP contribution >= 0.6 is 27.5 Å². The Hall–Kier alpha value is -1.40. The number of hydrogen-bond acceptors (Lipinski definition) is 2. The summed E-state index contributed by atoms with van der Waals surface area (Å²) in [6.45, 7) is 0.115. The van der Waals surface area contributed by atoms with E-state index >= 15 is 0 Å². The zero-order valence-electron chi connectivity index (χ0n) is 12.1. The van der Waals surface area contributed by atoms with Crippen molar-refractivity contribution in [1.29, 1.82) is 0 Å². The SMILES string of the molecule is Nc1cc(Br)ccc1N(CCC(F)(F)F)Cc1cccc(Cl)c1. The number of alkyl halides is 3. The van der Waals surface area contributed by atoms with Gasteiger partial charge < -0.3 is 10.6 Å². The molecule has 0 fully saturated rings. The Bertz CT molecular complexity index is 677. The number of nitrogens with zero attached hydrogens (tertiary/aromatic N) is 1. The molecule has 0 heterocycles. The molecule has 0 aliphatic carbocycles. The monoisotopic (exact) mass is 406 g/mol. The Morgan fingerprint density at radius 1 is 1.13 bits per heavy atom. The van der Waals surface area contributed by atoms with Crippen LogP contribution in [-0.2, 0) is 6.54 Å². The topological polar surface area (TPSA) is 29.3 Å². The number of hydrogen-bond donors (Lipinski definition) is 1. The highest BCUT2D eigenvalue weighted by molar-refractivity contribution is 9.10. The molecule has 0 radical (unpaired) electrons. The highest BCUT2D eigenvalue weighted by atomic mass is 79.9. The molecule has 0 spiro atoms. The van der Waals surface area contributed by atoms with Crippen LogP contribution in [-0.4, -0.2) is 12.7 Å². The molecule has 0 bridgehead atoms. The molecule has 0 amide bonds. The van der Waals surface area contributed by atoms with Crippen molar-refractivity contribution in [2.24, 2.45) is 0 Å². The van der Waals surface area contributed by atoms with Gasteiger partial charge in [-0.15, -0.1) is 0 Å². The second-order valence-corrected chi connectivity index (χ2v) is 6.47. The van der Waals surface area contributed by atoms with Gasteiger partial charge in [-0.05, 0) is 35.9 Å². The van der Waals surface area contributed by atoms with Crippen molar-refractivity contribution in [3.8, 4) is 0 Å². The Kier molecular flexibility index (Phi) is 5.81. The summed E-state index contributed by atoms with van der Waals surface area (Å²) in [6, 6.07) is 12.2. The van der Waals surface area contributed by atoms with Crippen molar-refractivity contribution in [2.45, 2.75) is 19.1 Å². The minimum Gasteiger partial charge on any atom is -0.397 e. The molecule has 0 saturated heterocycles. The minimum absolute atomic E-state index is 0.179. The van der Waals surface area contributed by atoms with Gasteiger partial charge in [-0.1, -0.05) is 39.7 Å². The summed E-state index contributed by atoms with van der Waals surface area (Å²) in [7, 11) is 0. The summed E-state index contributed by atoms with van der Waals surface area (Å²) in [6.07, 6.45) is -5.14. The van der Waals surface area contributed by atoms with Crippen LogP contribution in [0.3, 0.4) is 0 Å². The molecule has 0 saturated carbocycles. The Morgan fingerprint density at radius 2 is 1.87 bits per heavy atom. The van der Waals surface area contributed by atoms with Gasteiger partial charge in [0.15, 0.2) is 0 Å². The average Bonchev–Trinajstić information content (AvgIpc) is 2.43. The van der Waals surface area contributed by atoms with Crippen LogP contribution in [0, 0.1) is 0 Å². The maximum Gasteiger partial charge on any atom is 0.390 e. The quantitative estimate of drug-likeness (QED) is 0.650. The molecule has 2 nitrogen and oxygen atoms in total. The molecule has 23 heavy (non-hydrogen) atoms. The van der Waals surface area contributed by atoms with Gasteiger partial charge in [-0.3, -0.25) is 0 Å². The second-order valence-electron chi connectivity index (χ2n) is 5.12. The molecule has 0 atom stereocenters. The van der Waals surface area contributed by atoms with Crippen molar-refractivity contribution in [1.82, 2.24) is 0 Å². The summed E-state index contributed by atoms with van der Waals surface area (Å²) in [5, 5.41) is 0.544. The van der Waals surface area contributed by atoms with E-state index in [0.717, 1.165) is 10.0 Å². The third kappa shape index (κ3) is 5.62.